The molecule has 116 valence electrons. The van der Waals surface area contributed by atoms with Crippen LogP contribution >= 0.6 is 0 Å². The molecule has 1 aromatic rings. The van der Waals surface area contributed by atoms with Gasteiger partial charge in [0.05, 0.1) is 0 Å². The molecule has 0 radical (unpaired) electrons. The molecule has 1 aliphatic rings. The average molecular weight is 305 g/mol. The summed E-state index contributed by atoms with van der Waals surface area (Å²) >= 11 is 0. The molecule has 0 saturated heterocycles. The van der Waals surface area contributed by atoms with Crippen LogP contribution in [0, 0.1) is 0 Å². The van der Waals surface area contributed by atoms with Gasteiger partial charge in [-0.2, -0.15) is 0 Å². The van der Waals surface area contributed by atoms with E-state index in [-0.39, 0.29) is 23.2 Å². The highest BCUT2D eigenvalue weighted by molar-refractivity contribution is 6.14. The topological polar surface area (TPSA) is 115 Å². The van der Waals surface area contributed by atoms with Crippen molar-refractivity contribution in [3.8, 4) is 0 Å². The molecule has 0 spiro atoms. The molecule has 0 aliphatic heterocycles. The predicted molar refractivity (Wildman–Crippen MR) is 75.3 cm³/mol. The Kier molecular flexibility index (Phi) is 6.84. The molecule has 22 heavy (non-hydrogen) atoms. The Labute approximate surface area is 126 Å². The van der Waals surface area contributed by atoms with Crippen LogP contribution in [0.25, 0.3) is 0 Å². The quantitative estimate of drug-likeness (QED) is 0.561. The number of hydroxylamine groups is 2. The minimum absolute atomic E-state index is 0.0448. The van der Waals surface area contributed by atoms with Gasteiger partial charge in [-0.25, -0.2) is 0 Å². The normalized spacial score (nSPS) is 14.5. The number of hydrogen-bond donors (Lipinski definition) is 3. The van der Waals surface area contributed by atoms with Crippen molar-refractivity contribution in [3.05, 3.63) is 60.2 Å². The van der Waals surface area contributed by atoms with Gasteiger partial charge in [-0.3, -0.25) is 24.8 Å². The average Bonchev–Trinajstić information content (AvgIpc) is 2.49. The summed E-state index contributed by atoms with van der Waals surface area (Å²) in [5.41, 5.74) is 0.730. The van der Waals surface area contributed by atoms with Crippen molar-refractivity contribution in [2.45, 2.75) is 12.5 Å². The maximum Gasteiger partial charge on any atom is 0.326 e. The molecular weight excluding hydrogens is 290 g/mol. The molecule has 7 heteroatoms. The van der Waals surface area contributed by atoms with E-state index < -0.39 is 12.0 Å². The van der Waals surface area contributed by atoms with Crippen molar-refractivity contribution in [3.63, 3.8) is 0 Å². The molecule has 0 fully saturated rings. The lowest BCUT2D eigenvalue weighted by Crippen LogP contribution is -2.38. The van der Waals surface area contributed by atoms with Gasteiger partial charge in [-0.1, -0.05) is 35.6 Å². The molecule has 1 unspecified atom stereocenters. The molecule has 1 aliphatic carbocycles. The molecule has 0 heterocycles. The van der Waals surface area contributed by atoms with Crippen molar-refractivity contribution in [1.29, 1.82) is 0 Å². The van der Waals surface area contributed by atoms with Crippen LogP contribution in [0.2, 0.25) is 0 Å². The van der Waals surface area contributed by atoms with Crippen molar-refractivity contribution in [2.75, 3.05) is 0 Å². The van der Waals surface area contributed by atoms with Gasteiger partial charge in [-0.05, 0) is 29.9 Å². The van der Waals surface area contributed by atoms with E-state index in [2.05, 4.69) is 0 Å². The van der Waals surface area contributed by atoms with Gasteiger partial charge in [0.1, 0.15) is 0 Å². The van der Waals surface area contributed by atoms with Gasteiger partial charge < -0.3 is 5.11 Å². The van der Waals surface area contributed by atoms with Crippen LogP contribution in [0.3, 0.4) is 0 Å². The van der Waals surface area contributed by atoms with Gasteiger partial charge in [0.15, 0.2) is 17.6 Å². The van der Waals surface area contributed by atoms with Crippen LogP contribution in [-0.4, -0.2) is 44.3 Å². The van der Waals surface area contributed by atoms with Crippen LogP contribution in [-0.2, 0) is 20.8 Å². The maximum atomic E-state index is 10.6. The first kappa shape index (κ1) is 17.4. The van der Waals surface area contributed by atoms with E-state index >= 15 is 0 Å². The number of carboxylic acids is 1. The highest BCUT2D eigenvalue weighted by Crippen LogP contribution is 2.06. The first-order valence-corrected chi connectivity index (χ1v) is 6.28. The van der Waals surface area contributed by atoms with E-state index in [1.54, 1.807) is 30.3 Å². The van der Waals surface area contributed by atoms with Crippen LogP contribution < -0.4 is 0 Å². The van der Waals surface area contributed by atoms with E-state index in [0.29, 0.717) is 0 Å². The van der Waals surface area contributed by atoms with E-state index in [1.807, 2.05) is 0 Å². The fraction of sp³-hybridized carbons (Fsp3) is 0.133. The summed E-state index contributed by atoms with van der Waals surface area (Å²) in [5, 5.41) is 25.7. The Morgan fingerprint density at radius 2 is 1.41 bits per heavy atom. The van der Waals surface area contributed by atoms with Crippen molar-refractivity contribution < 1.29 is 29.9 Å². The third kappa shape index (κ3) is 6.23. The number of nitrogens with zero attached hydrogens (tertiary/aromatic N) is 1. The van der Waals surface area contributed by atoms with Crippen LogP contribution in [0.4, 0.5) is 0 Å². The summed E-state index contributed by atoms with van der Waals surface area (Å²) in [4.78, 5) is 31.1. The molecule has 0 aromatic heterocycles. The predicted octanol–water partition coefficient (Wildman–Crippen LogP) is 1.01. The first-order chi connectivity index (χ1) is 10.4. The number of carbonyl (C=O) groups excluding carboxylic acids is 2. The third-order valence-corrected chi connectivity index (χ3v) is 2.66. The van der Waals surface area contributed by atoms with Gasteiger partial charge >= 0.3 is 5.97 Å². The fourth-order valence-electron chi connectivity index (χ4n) is 1.54. The molecule has 1 aromatic carbocycles. The Balaban J connectivity index is 0.000000255. The fourth-order valence-corrected chi connectivity index (χ4v) is 1.54. The second kappa shape index (κ2) is 8.63. The van der Waals surface area contributed by atoms with E-state index in [4.69, 9.17) is 15.5 Å². The number of aliphatic carboxylic acids is 1. The van der Waals surface area contributed by atoms with Crippen LogP contribution in [0.15, 0.2) is 54.6 Å². The number of allylic oxidation sites excluding steroid dienone is 4. The second-order valence-corrected chi connectivity index (χ2v) is 4.34. The Morgan fingerprint density at radius 1 is 0.955 bits per heavy atom. The zero-order chi connectivity index (χ0) is 16.5. The second-order valence-electron chi connectivity index (χ2n) is 4.34. The zero-order valence-corrected chi connectivity index (χ0v) is 11.5. The number of carboxylic acid groups (broad SMARTS) is 1. The summed E-state index contributed by atoms with van der Waals surface area (Å²) in [5.74, 6) is -1.52. The lowest BCUT2D eigenvalue weighted by Gasteiger charge is -2.15. The number of hydrogen-bond acceptors (Lipinski definition) is 6. The highest BCUT2D eigenvalue weighted by Gasteiger charge is 2.23. The van der Waals surface area contributed by atoms with E-state index in [9.17, 15) is 14.4 Å². The highest BCUT2D eigenvalue weighted by atomic mass is 16.8. The summed E-state index contributed by atoms with van der Waals surface area (Å²) < 4.78 is 0. The zero-order valence-electron chi connectivity index (χ0n) is 11.5. The summed E-state index contributed by atoms with van der Waals surface area (Å²) in [6.45, 7) is 0. The minimum Gasteiger partial charge on any atom is -0.480 e. The van der Waals surface area contributed by atoms with Gasteiger partial charge in [0, 0.05) is 6.42 Å². The third-order valence-electron chi connectivity index (χ3n) is 2.66. The monoisotopic (exact) mass is 305 g/mol. The summed E-state index contributed by atoms with van der Waals surface area (Å²) in [7, 11) is 0. The Morgan fingerprint density at radius 3 is 1.77 bits per heavy atom. The van der Waals surface area contributed by atoms with Crippen molar-refractivity contribution in [2.24, 2.45) is 0 Å². The largest absolute Gasteiger partial charge is 0.480 e. The van der Waals surface area contributed by atoms with Gasteiger partial charge in [0.25, 0.3) is 0 Å². The molecule has 7 nitrogen and oxygen atoms in total. The standard InChI is InChI=1S/C9H11NO4.C6H4O2/c11-9(12)8(10(13)14)6-7-4-2-1-3-5-7;7-5-1-2-6(8)4-3-5/h1-5,8,13-14H,6H2,(H,11,12);1-4H. The maximum absolute atomic E-state index is 10.6. The minimum atomic E-state index is -1.34. The first-order valence-electron chi connectivity index (χ1n) is 6.28. The molecule has 1 atom stereocenters. The molecule has 0 saturated carbocycles. The molecule has 2 rings (SSSR count). The Bertz CT molecular complexity index is 553. The number of benzene rings is 1. The number of rotatable bonds is 4. The van der Waals surface area contributed by atoms with Crippen LogP contribution in [0.1, 0.15) is 5.56 Å². The molecule has 0 amide bonds. The number of carbonyl (C=O) groups is 3. The summed E-state index contributed by atoms with van der Waals surface area (Å²) in [6, 6.07) is 7.42. The number of ketones is 2. The lowest BCUT2D eigenvalue weighted by atomic mass is 10.1. The van der Waals surface area contributed by atoms with Crippen molar-refractivity contribution >= 4 is 17.5 Å². The smallest absolute Gasteiger partial charge is 0.326 e. The molecule has 0 bridgehead atoms. The molecular formula is C15H15NO6. The Hall–Kier alpha value is -2.61. The summed E-state index contributed by atoms with van der Waals surface area (Å²) in [6.07, 6.45) is 5.05. The van der Waals surface area contributed by atoms with E-state index in [1.165, 1.54) is 24.3 Å². The SMILES string of the molecule is O=C(O)C(Cc1ccccc1)N(O)O.O=C1C=CC(=O)C=C1. The molecule has 3 N–H and O–H groups in total. The van der Waals surface area contributed by atoms with Gasteiger partial charge in [0.2, 0.25) is 0 Å². The lowest BCUT2D eigenvalue weighted by molar-refractivity contribution is -0.327. The van der Waals surface area contributed by atoms with Crippen LogP contribution in [0.5, 0.6) is 0 Å². The van der Waals surface area contributed by atoms with E-state index in [0.717, 1.165) is 5.56 Å². The van der Waals surface area contributed by atoms with Gasteiger partial charge in [-0.15, -0.1) is 0 Å². The van der Waals surface area contributed by atoms with Crippen molar-refractivity contribution in [1.82, 2.24) is 5.23 Å².